The Bertz CT molecular complexity index is 1010. The number of hydrogen-bond donors (Lipinski definition) is 3. The van der Waals surface area contributed by atoms with Crippen LogP contribution >= 0.6 is 0 Å². The van der Waals surface area contributed by atoms with E-state index in [0.717, 1.165) is 22.3 Å². The molecule has 0 fully saturated rings. The summed E-state index contributed by atoms with van der Waals surface area (Å²) in [7, 11) is 3.67. The maximum absolute atomic E-state index is 13.0. The number of benzene rings is 2. The molecule has 0 spiro atoms. The molecule has 35 heavy (non-hydrogen) atoms. The summed E-state index contributed by atoms with van der Waals surface area (Å²) in [6, 6.07) is 14.2. The number of aliphatic carboxylic acids is 1. The Balaban J connectivity index is 1.66. The van der Waals surface area contributed by atoms with E-state index in [1.807, 2.05) is 69.2 Å². The molecular formula is C27H35N3O5. The minimum Gasteiger partial charge on any atom is -0.480 e. The standard InChI is InChI=1S/C27H35N3O5/c1-5-17(2)24(25(31)28-23(26(32)33)14-15-30(3)4)29-27(34)35-16-22-20-12-8-6-10-18(20)19-11-7-9-13-21(19)22/h6-13,17,22-24H,5,14-16H2,1-4H3,(H,28,31)(H,29,34)(H,32,33)/t17-,23?,24-/m0/s1. The van der Waals surface area contributed by atoms with Gasteiger partial charge in [0.2, 0.25) is 5.91 Å². The summed E-state index contributed by atoms with van der Waals surface area (Å²) in [5.41, 5.74) is 4.46. The molecule has 3 N–H and O–H groups in total. The molecule has 1 aliphatic carbocycles. The molecule has 2 aromatic carbocycles. The number of rotatable bonds is 11. The van der Waals surface area contributed by atoms with Crippen molar-refractivity contribution in [1.29, 1.82) is 0 Å². The SMILES string of the molecule is CC[C@H](C)[C@H](NC(=O)OCC1c2ccccc2-c2ccccc21)C(=O)NC(CCN(C)C)C(=O)O. The molecule has 0 heterocycles. The predicted molar refractivity (Wildman–Crippen MR) is 134 cm³/mol. The topological polar surface area (TPSA) is 108 Å². The third kappa shape index (κ3) is 6.39. The number of amides is 2. The van der Waals surface area contributed by atoms with Crippen molar-refractivity contribution in [3.63, 3.8) is 0 Å². The zero-order chi connectivity index (χ0) is 25.5. The van der Waals surface area contributed by atoms with Crippen LogP contribution in [0.1, 0.15) is 43.7 Å². The van der Waals surface area contributed by atoms with Crippen molar-refractivity contribution in [2.45, 2.75) is 44.7 Å². The molecule has 0 saturated heterocycles. The van der Waals surface area contributed by atoms with Gasteiger partial charge in [-0.15, -0.1) is 0 Å². The lowest BCUT2D eigenvalue weighted by atomic mass is 9.97. The second kappa shape index (κ2) is 11.8. The average molecular weight is 482 g/mol. The van der Waals surface area contributed by atoms with E-state index in [1.165, 1.54) is 0 Å². The molecular weight excluding hydrogens is 446 g/mol. The van der Waals surface area contributed by atoms with Gasteiger partial charge in [0.05, 0.1) is 0 Å². The average Bonchev–Trinajstić information content (AvgIpc) is 3.16. The normalized spacial score (nSPS) is 15.0. The van der Waals surface area contributed by atoms with Gasteiger partial charge < -0.3 is 25.4 Å². The maximum atomic E-state index is 13.0. The van der Waals surface area contributed by atoms with Crippen molar-refractivity contribution in [2.24, 2.45) is 5.92 Å². The van der Waals surface area contributed by atoms with Crippen LogP contribution in [-0.4, -0.2) is 67.3 Å². The van der Waals surface area contributed by atoms with Gasteiger partial charge in [-0.1, -0.05) is 68.8 Å². The number of carboxylic acids is 1. The fraction of sp³-hybridized carbons (Fsp3) is 0.444. The van der Waals surface area contributed by atoms with Crippen LogP contribution in [0.5, 0.6) is 0 Å². The molecule has 2 aromatic rings. The van der Waals surface area contributed by atoms with E-state index in [-0.39, 0.29) is 24.9 Å². The number of fused-ring (bicyclic) bond motifs is 3. The molecule has 3 atom stereocenters. The number of nitrogens with one attached hydrogen (secondary N) is 2. The van der Waals surface area contributed by atoms with Crippen LogP contribution in [0.3, 0.4) is 0 Å². The van der Waals surface area contributed by atoms with Crippen LogP contribution in [0.4, 0.5) is 4.79 Å². The second-order valence-corrected chi connectivity index (χ2v) is 9.32. The van der Waals surface area contributed by atoms with Crippen LogP contribution in [0.15, 0.2) is 48.5 Å². The first kappa shape index (κ1) is 26.2. The smallest absolute Gasteiger partial charge is 0.407 e. The lowest BCUT2D eigenvalue weighted by Gasteiger charge is -2.26. The minimum atomic E-state index is -1.11. The summed E-state index contributed by atoms with van der Waals surface area (Å²) in [5, 5.41) is 14.8. The van der Waals surface area contributed by atoms with E-state index in [0.29, 0.717) is 13.0 Å². The molecule has 8 heteroatoms. The number of carbonyl (C=O) groups is 3. The Morgan fingerprint density at radius 1 is 1.00 bits per heavy atom. The number of nitrogens with zero attached hydrogens (tertiary/aromatic N) is 1. The summed E-state index contributed by atoms with van der Waals surface area (Å²) in [6.45, 7) is 4.38. The van der Waals surface area contributed by atoms with Crippen LogP contribution in [0.25, 0.3) is 11.1 Å². The molecule has 0 aromatic heterocycles. The summed E-state index contributed by atoms with van der Waals surface area (Å²) in [6.07, 6.45) is 0.177. The summed E-state index contributed by atoms with van der Waals surface area (Å²) in [5.74, 6) is -1.94. The highest BCUT2D eigenvalue weighted by atomic mass is 16.5. The lowest BCUT2D eigenvalue weighted by Crippen LogP contribution is -2.54. The molecule has 0 saturated carbocycles. The fourth-order valence-corrected chi connectivity index (χ4v) is 4.38. The van der Waals surface area contributed by atoms with Gasteiger partial charge in [-0.25, -0.2) is 9.59 Å². The summed E-state index contributed by atoms with van der Waals surface area (Å²) in [4.78, 5) is 39.2. The van der Waals surface area contributed by atoms with E-state index in [1.54, 1.807) is 0 Å². The van der Waals surface area contributed by atoms with Crippen molar-refractivity contribution >= 4 is 18.0 Å². The lowest BCUT2D eigenvalue weighted by molar-refractivity contribution is -0.142. The van der Waals surface area contributed by atoms with Crippen molar-refractivity contribution in [3.8, 4) is 11.1 Å². The van der Waals surface area contributed by atoms with E-state index in [2.05, 4.69) is 22.8 Å². The number of carbonyl (C=O) groups excluding carboxylic acids is 2. The van der Waals surface area contributed by atoms with Crippen LogP contribution < -0.4 is 10.6 Å². The monoisotopic (exact) mass is 481 g/mol. The van der Waals surface area contributed by atoms with Gasteiger partial charge in [-0.3, -0.25) is 4.79 Å². The first-order valence-corrected chi connectivity index (χ1v) is 12.0. The highest BCUT2D eigenvalue weighted by molar-refractivity contribution is 5.89. The highest BCUT2D eigenvalue weighted by Crippen LogP contribution is 2.44. The molecule has 8 nitrogen and oxygen atoms in total. The van der Waals surface area contributed by atoms with E-state index < -0.39 is 30.1 Å². The Morgan fingerprint density at radius 2 is 1.57 bits per heavy atom. The van der Waals surface area contributed by atoms with Crippen molar-refractivity contribution in [2.75, 3.05) is 27.2 Å². The molecule has 188 valence electrons. The zero-order valence-corrected chi connectivity index (χ0v) is 20.8. The van der Waals surface area contributed by atoms with Crippen LogP contribution in [0, 0.1) is 5.92 Å². The van der Waals surface area contributed by atoms with Gasteiger partial charge >= 0.3 is 12.1 Å². The third-order valence-corrected chi connectivity index (χ3v) is 6.59. The minimum absolute atomic E-state index is 0.0913. The van der Waals surface area contributed by atoms with Gasteiger partial charge in [-0.2, -0.15) is 0 Å². The number of hydrogen-bond acceptors (Lipinski definition) is 5. The largest absolute Gasteiger partial charge is 0.480 e. The molecule has 1 aliphatic rings. The summed E-state index contributed by atoms with van der Waals surface area (Å²) < 4.78 is 5.59. The fourth-order valence-electron chi connectivity index (χ4n) is 4.38. The van der Waals surface area contributed by atoms with Crippen molar-refractivity contribution in [3.05, 3.63) is 59.7 Å². The quantitative estimate of drug-likeness (QED) is 0.454. The van der Waals surface area contributed by atoms with Gasteiger partial charge in [0.15, 0.2) is 0 Å². The maximum Gasteiger partial charge on any atom is 0.407 e. The van der Waals surface area contributed by atoms with E-state index in [4.69, 9.17) is 4.74 Å². The molecule has 0 aliphatic heterocycles. The van der Waals surface area contributed by atoms with Gasteiger partial charge in [0, 0.05) is 12.5 Å². The van der Waals surface area contributed by atoms with Gasteiger partial charge in [0.1, 0.15) is 18.7 Å². The molecule has 0 radical (unpaired) electrons. The first-order valence-electron chi connectivity index (χ1n) is 12.0. The van der Waals surface area contributed by atoms with Crippen molar-refractivity contribution < 1.29 is 24.2 Å². The summed E-state index contributed by atoms with van der Waals surface area (Å²) >= 11 is 0. The number of carboxylic acid groups (broad SMARTS) is 1. The van der Waals surface area contributed by atoms with E-state index in [9.17, 15) is 19.5 Å². The van der Waals surface area contributed by atoms with Crippen LogP contribution in [-0.2, 0) is 14.3 Å². The second-order valence-electron chi connectivity index (χ2n) is 9.32. The third-order valence-electron chi connectivity index (χ3n) is 6.59. The van der Waals surface area contributed by atoms with Crippen LogP contribution in [0.2, 0.25) is 0 Å². The molecule has 1 unspecified atom stereocenters. The molecule has 0 bridgehead atoms. The first-order chi connectivity index (χ1) is 16.7. The number of alkyl carbamates (subject to hydrolysis) is 1. The van der Waals surface area contributed by atoms with E-state index >= 15 is 0 Å². The Labute approximate surface area is 206 Å². The Kier molecular flexibility index (Phi) is 8.87. The predicted octanol–water partition coefficient (Wildman–Crippen LogP) is 3.46. The zero-order valence-electron chi connectivity index (χ0n) is 20.8. The molecule has 3 rings (SSSR count). The highest BCUT2D eigenvalue weighted by Gasteiger charge is 2.32. The van der Waals surface area contributed by atoms with Gasteiger partial charge in [-0.05, 0) is 48.7 Å². The Morgan fingerprint density at radius 3 is 2.09 bits per heavy atom. The molecule has 2 amide bonds. The Hall–Kier alpha value is -3.39. The van der Waals surface area contributed by atoms with Crippen molar-refractivity contribution in [1.82, 2.24) is 15.5 Å². The number of ether oxygens (including phenoxy) is 1. The van der Waals surface area contributed by atoms with Gasteiger partial charge in [0.25, 0.3) is 0 Å².